The van der Waals surface area contributed by atoms with Gasteiger partial charge in [0.25, 0.3) is 0 Å². The Bertz CT molecular complexity index is 3170. The van der Waals surface area contributed by atoms with Gasteiger partial charge in [0.1, 0.15) is 77.4 Å². The third kappa shape index (κ3) is 16.2. The van der Waals surface area contributed by atoms with Gasteiger partial charge in [0, 0.05) is 49.7 Å². The van der Waals surface area contributed by atoms with Crippen molar-refractivity contribution in [1.29, 1.82) is 10.5 Å². The van der Waals surface area contributed by atoms with Crippen LogP contribution in [0.3, 0.4) is 0 Å². The molecule has 0 saturated heterocycles. The fourth-order valence-corrected chi connectivity index (χ4v) is 8.38. The second-order valence-electron chi connectivity index (χ2n) is 20.1. The van der Waals surface area contributed by atoms with Crippen LogP contribution < -0.4 is 24.6 Å². The summed E-state index contributed by atoms with van der Waals surface area (Å²) in [5.74, 6) is -0.474. The lowest BCUT2D eigenvalue weighted by molar-refractivity contribution is -0.155. The van der Waals surface area contributed by atoms with Crippen LogP contribution in [0.2, 0.25) is 0 Å². The zero-order valence-corrected chi connectivity index (χ0v) is 45.2. The SMILES string of the molecule is CC(C)(C)OC(=O)CCN(CC(=O)N1CCc2cc(OCc3cc(C#N)n(-c4ccccc4)n3)ccc21)C(=O)OC(C)(C)C.Cl.N#Cc1cc(COc2ccc3c(c2)CCN3C(=O)CNCCC(=O)O)nn1-c1ccccc1. The number of ether oxygens (including phenoxy) is 4. The average Bonchev–Trinajstić information content (AvgIpc) is 4.27. The van der Waals surface area contributed by atoms with E-state index in [1.165, 1.54) is 4.90 Å². The van der Waals surface area contributed by atoms with Crippen molar-refractivity contribution in [3.05, 3.63) is 143 Å². The molecule has 0 fully saturated rings. The molecular formula is C57H63ClN10O10. The number of halogens is 1. The molecule has 78 heavy (non-hydrogen) atoms. The van der Waals surface area contributed by atoms with Crippen LogP contribution >= 0.6 is 12.4 Å². The van der Waals surface area contributed by atoms with E-state index in [4.69, 9.17) is 24.1 Å². The molecule has 2 aliphatic rings. The topological polar surface area (TPSA) is 247 Å². The van der Waals surface area contributed by atoms with Gasteiger partial charge in [-0.3, -0.25) is 24.1 Å². The highest BCUT2D eigenvalue weighted by molar-refractivity contribution is 5.98. The maximum atomic E-state index is 13.4. The van der Waals surface area contributed by atoms with Crippen LogP contribution in [0.4, 0.5) is 16.2 Å². The number of carbonyl (C=O) groups excluding carboxylic acids is 4. The van der Waals surface area contributed by atoms with Crippen molar-refractivity contribution < 1.29 is 48.0 Å². The fourth-order valence-electron chi connectivity index (χ4n) is 8.38. The van der Waals surface area contributed by atoms with Gasteiger partial charge in [-0.05, 0) is 126 Å². The minimum absolute atomic E-state index is 0. The number of fused-ring (bicyclic) bond motifs is 2. The summed E-state index contributed by atoms with van der Waals surface area (Å²) in [7, 11) is 0. The number of esters is 1. The number of benzene rings is 4. The first-order valence-corrected chi connectivity index (χ1v) is 25.1. The molecule has 3 amide bonds. The number of anilines is 2. The summed E-state index contributed by atoms with van der Waals surface area (Å²) in [5, 5.41) is 39.5. The molecule has 4 aromatic carbocycles. The molecule has 0 atom stereocenters. The van der Waals surface area contributed by atoms with E-state index in [2.05, 4.69) is 27.7 Å². The Morgan fingerprint density at radius 2 is 1.13 bits per heavy atom. The van der Waals surface area contributed by atoms with Crippen molar-refractivity contribution in [3.8, 4) is 35.0 Å². The van der Waals surface area contributed by atoms with Crippen molar-refractivity contribution in [2.75, 3.05) is 49.1 Å². The highest BCUT2D eigenvalue weighted by Gasteiger charge is 2.31. The van der Waals surface area contributed by atoms with E-state index in [0.717, 1.165) is 33.9 Å². The third-order valence-corrected chi connectivity index (χ3v) is 11.8. The molecule has 8 rings (SSSR count). The van der Waals surface area contributed by atoms with Crippen LogP contribution in [-0.4, -0.2) is 110 Å². The fraction of sp³-hybridized carbons (Fsp3) is 0.351. The van der Waals surface area contributed by atoms with Gasteiger partial charge in [-0.15, -0.1) is 12.4 Å². The molecule has 2 aromatic heterocycles. The number of para-hydroxylation sites is 2. The van der Waals surface area contributed by atoms with Crippen molar-refractivity contribution in [2.24, 2.45) is 0 Å². The van der Waals surface area contributed by atoms with Crippen LogP contribution in [-0.2, 0) is 54.7 Å². The number of carboxylic acid groups (broad SMARTS) is 1. The maximum absolute atomic E-state index is 13.4. The highest BCUT2D eigenvalue weighted by atomic mass is 35.5. The monoisotopic (exact) mass is 1080 g/mol. The standard InChI is InChI=1S/C33H39N5O6.C24H23N5O4.ClH/c1-32(2,3)43-30(40)15-16-36(31(41)44-33(4,5)6)21-29(39)37-17-14-23-18-27(12-13-28(23)37)42-22-24-19-26(20-34)38(35-24)25-10-8-7-9-11-25;25-14-20-13-18(27-29(20)19-4-2-1-3-5-19)16-33-21-6-7-22-17(12-21)9-11-28(22)23(30)15-26-10-8-24(31)32;/h7-13,18-19H,14-17,21-22H2,1-6H3;1-7,12-13,26H,8-11,15-16H2,(H,31,32);1H. The third-order valence-electron chi connectivity index (χ3n) is 11.8. The lowest BCUT2D eigenvalue weighted by Gasteiger charge is -2.29. The van der Waals surface area contributed by atoms with E-state index in [-0.39, 0.29) is 76.5 Å². The molecule has 0 spiro atoms. The van der Waals surface area contributed by atoms with Gasteiger partial charge in [-0.25, -0.2) is 14.2 Å². The number of hydrogen-bond acceptors (Lipinski definition) is 14. The van der Waals surface area contributed by atoms with Gasteiger partial charge in [0.05, 0.1) is 30.8 Å². The first kappa shape index (κ1) is 58.5. The number of nitrogens with zero attached hydrogens (tertiary/aromatic N) is 9. The number of aliphatic carboxylic acids is 1. The number of nitriles is 2. The Hall–Kier alpha value is -8.72. The van der Waals surface area contributed by atoms with E-state index in [0.29, 0.717) is 60.2 Å². The lowest BCUT2D eigenvalue weighted by Crippen LogP contribution is -2.45. The molecule has 408 valence electrons. The molecule has 0 aliphatic carbocycles. The number of nitrogens with one attached hydrogen (secondary N) is 1. The number of rotatable bonds is 18. The minimum atomic E-state index is -0.898. The summed E-state index contributed by atoms with van der Waals surface area (Å²) >= 11 is 0. The highest BCUT2D eigenvalue weighted by Crippen LogP contribution is 2.33. The van der Waals surface area contributed by atoms with Gasteiger partial charge in [-0.1, -0.05) is 36.4 Å². The predicted octanol–water partition coefficient (Wildman–Crippen LogP) is 7.88. The van der Waals surface area contributed by atoms with E-state index >= 15 is 0 Å². The van der Waals surface area contributed by atoms with Crippen molar-refractivity contribution in [3.63, 3.8) is 0 Å². The molecule has 20 nitrogen and oxygen atoms in total. The Balaban J connectivity index is 0.000000259. The zero-order valence-electron chi connectivity index (χ0n) is 44.4. The molecule has 21 heteroatoms. The minimum Gasteiger partial charge on any atom is -0.487 e. The van der Waals surface area contributed by atoms with Crippen molar-refractivity contribution in [1.82, 2.24) is 29.8 Å². The summed E-state index contributed by atoms with van der Waals surface area (Å²) in [4.78, 5) is 66.3. The second-order valence-corrected chi connectivity index (χ2v) is 20.1. The summed E-state index contributed by atoms with van der Waals surface area (Å²) in [6.45, 7) is 12.0. The summed E-state index contributed by atoms with van der Waals surface area (Å²) < 4.78 is 26.0. The van der Waals surface area contributed by atoms with Crippen LogP contribution in [0.25, 0.3) is 11.4 Å². The lowest BCUT2D eigenvalue weighted by atomic mass is 10.1. The van der Waals surface area contributed by atoms with Gasteiger partial charge < -0.3 is 39.2 Å². The van der Waals surface area contributed by atoms with Crippen LogP contribution in [0.1, 0.15) is 88.3 Å². The maximum Gasteiger partial charge on any atom is 0.410 e. The quantitative estimate of drug-likeness (QED) is 0.0614. The van der Waals surface area contributed by atoms with E-state index < -0.39 is 29.2 Å². The van der Waals surface area contributed by atoms with E-state index in [1.807, 2.05) is 91.0 Å². The van der Waals surface area contributed by atoms with Crippen LogP contribution in [0.5, 0.6) is 11.5 Å². The first-order chi connectivity index (χ1) is 36.8. The Morgan fingerprint density at radius 1 is 0.654 bits per heavy atom. The molecule has 4 heterocycles. The van der Waals surface area contributed by atoms with Gasteiger partial charge in [-0.2, -0.15) is 20.7 Å². The number of hydrogen-bond donors (Lipinski definition) is 2. The van der Waals surface area contributed by atoms with Gasteiger partial charge in [0.15, 0.2) is 0 Å². The van der Waals surface area contributed by atoms with Gasteiger partial charge in [0.2, 0.25) is 11.8 Å². The normalized spacial score (nSPS) is 12.4. The van der Waals surface area contributed by atoms with Gasteiger partial charge >= 0.3 is 18.0 Å². The number of aromatic nitrogens is 4. The smallest absolute Gasteiger partial charge is 0.410 e. The Morgan fingerprint density at radius 3 is 1.58 bits per heavy atom. The molecule has 0 bridgehead atoms. The molecule has 0 saturated carbocycles. The molecule has 0 radical (unpaired) electrons. The Labute approximate surface area is 459 Å². The zero-order chi connectivity index (χ0) is 55.3. The predicted molar refractivity (Wildman–Crippen MR) is 291 cm³/mol. The van der Waals surface area contributed by atoms with E-state index in [9.17, 15) is 34.5 Å². The largest absolute Gasteiger partial charge is 0.487 e. The number of carboxylic acids is 1. The average molecular weight is 1080 g/mol. The summed E-state index contributed by atoms with van der Waals surface area (Å²) in [6, 6.07) is 37.6. The summed E-state index contributed by atoms with van der Waals surface area (Å²) in [5.41, 5.74) is 5.77. The molecule has 2 N–H and O–H groups in total. The first-order valence-electron chi connectivity index (χ1n) is 25.1. The van der Waals surface area contributed by atoms with Crippen molar-refractivity contribution >= 4 is 53.6 Å². The van der Waals surface area contributed by atoms with E-state index in [1.54, 1.807) is 78.9 Å². The summed E-state index contributed by atoms with van der Waals surface area (Å²) in [6.07, 6.45) is 0.565. The molecule has 6 aromatic rings. The molecule has 2 aliphatic heterocycles. The van der Waals surface area contributed by atoms with Crippen molar-refractivity contribution in [2.45, 2.75) is 91.6 Å². The molecular weight excluding hydrogens is 1020 g/mol. The van der Waals surface area contributed by atoms with Crippen LogP contribution in [0, 0.1) is 22.7 Å². The number of amides is 3. The van der Waals surface area contributed by atoms with Crippen LogP contribution in [0.15, 0.2) is 109 Å². The second kappa shape index (κ2) is 26.4. The molecule has 0 unspecified atom stereocenters. The Kier molecular flexibility index (Phi) is 19.8. The number of carbonyl (C=O) groups is 5.